The van der Waals surface area contributed by atoms with Crippen LogP contribution in [0.1, 0.15) is 63.9 Å². The number of phenols is 1. The van der Waals surface area contributed by atoms with E-state index in [0.29, 0.717) is 25.3 Å². The second-order valence-electron chi connectivity index (χ2n) is 13.4. The van der Waals surface area contributed by atoms with E-state index < -0.39 is 99.0 Å². The molecule has 2 aromatic carbocycles. The van der Waals surface area contributed by atoms with Crippen molar-refractivity contribution in [1.29, 1.82) is 0 Å². The Morgan fingerprint density at radius 3 is 2.26 bits per heavy atom. The lowest BCUT2D eigenvalue weighted by atomic mass is 9.60. The molecule has 5 aliphatic carbocycles. The molecular weight excluding hydrogens is 605 g/mol. The largest absolute Gasteiger partial charge is 0.511 e. The molecule has 0 saturated heterocycles. The molecule has 3 atom stereocenters. The zero-order valence-corrected chi connectivity index (χ0v) is 24.7. The van der Waals surface area contributed by atoms with Crippen molar-refractivity contribution in [2.75, 3.05) is 6.54 Å². The molecule has 1 amide bonds. The van der Waals surface area contributed by atoms with Crippen molar-refractivity contribution in [1.82, 2.24) is 4.90 Å². The van der Waals surface area contributed by atoms with Gasteiger partial charge in [0.1, 0.15) is 22.8 Å². The normalized spacial score (nSPS) is 26.3. The number of alkyl halides is 3. The highest BCUT2D eigenvalue weighted by Gasteiger charge is 2.60. The Morgan fingerprint density at radius 1 is 1.02 bits per heavy atom. The third-order valence-electron chi connectivity index (χ3n) is 10.5. The zero-order chi connectivity index (χ0) is 32.9. The first-order valence-electron chi connectivity index (χ1n) is 15.4. The van der Waals surface area contributed by atoms with Gasteiger partial charge in [-0.05, 0) is 78.7 Å². The lowest BCUT2D eigenvalue weighted by Crippen LogP contribution is -2.57. The fraction of sp³-hybridized carbons (Fsp3) is 0.441. The number of primary amides is 1. The molecule has 0 aliphatic heterocycles. The minimum absolute atomic E-state index is 0.0312. The number of amides is 1. The maximum absolute atomic E-state index is 15.0. The van der Waals surface area contributed by atoms with Gasteiger partial charge in [-0.25, -0.2) is 0 Å². The number of benzene rings is 2. The molecule has 12 heteroatoms. The average molecular weight is 639 g/mol. The number of allylic oxidation sites excluding steroid dienone is 2. The summed E-state index contributed by atoms with van der Waals surface area (Å²) in [5.41, 5.74) is 1.11. The molecule has 2 aromatic rings. The number of carbonyl (C=O) groups excluding carboxylic acids is 3. The third-order valence-corrected chi connectivity index (χ3v) is 10.5. The van der Waals surface area contributed by atoms with Gasteiger partial charge in [0.15, 0.2) is 11.4 Å². The first-order chi connectivity index (χ1) is 21.7. The summed E-state index contributed by atoms with van der Waals surface area (Å²) in [4.78, 5) is 40.9. The maximum atomic E-state index is 15.0. The minimum atomic E-state index is -4.89. The quantitative estimate of drug-likeness (QED) is 0.297. The number of rotatable bonds is 6. The topological polar surface area (TPSA) is 161 Å². The van der Waals surface area contributed by atoms with Gasteiger partial charge in [0, 0.05) is 37.0 Å². The fourth-order valence-corrected chi connectivity index (χ4v) is 8.22. The highest BCUT2D eigenvalue weighted by atomic mass is 19.4. The number of hydrogen-bond donors (Lipinski definition) is 5. The molecule has 242 valence electrons. The van der Waals surface area contributed by atoms with E-state index >= 15 is 13.2 Å². The van der Waals surface area contributed by atoms with E-state index in [0.717, 1.165) is 30.0 Å². The summed E-state index contributed by atoms with van der Waals surface area (Å²) >= 11 is 0. The Morgan fingerprint density at radius 2 is 1.67 bits per heavy atom. The Labute approximate surface area is 261 Å². The van der Waals surface area contributed by atoms with Crippen molar-refractivity contribution in [3.05, 3.63) is 86.4 Å². The predicted molar refractivity (Wildman–Crippen MR) is 157 cm³/mol. The SMILES string of the molecule is NC(=O)C1=C(O)C[C@@H]2CC3Cc4c(c(O)cc(CN(CC5CC5)C5Cc6ccccc6C5)c4C(F)(F)F)C(=O)C3=C(O)[C@]2(O)C1=O. The molecule has 9 nitrogen and oxygen atoms in total. The summed E-state index contributed by atoms with van der Waals surface area (Å²) in [5, 5.41) is 44.1. The summed E-state index contributed by atoms with van der Waals surface area (Å²) in [5.74, 6) is -8.30. The van der Waals surface area contributed by atoms with Gasteiger partial charge < -0.3 is 26.2 Å². The van der Waals surface area contributed by atoms with E-state index in [4.69, 9.17) is 5.73 Å². The Kier molecular flexibility index (Phi) is 6.91. The monoisotopic (exact) mass is 638 g/mol. The number of nitrogens with two attached hydrogens (primary N) is 1. The molecule has 46 heavy (non-hydrogen) atoms. The summed E-state index contributed by atoms with van der Waals surface area (Å²) in [6.07, 6.45) is -2.65. The van der Waals surface area contributed by atoms with Crippen molar-refractivity contribution in [2.24, 2.45) is 23.5 Å². The van der Waals surface area contributed by atoms with E-state index in [9.17, 15) is 34.8 Å². The molecule has 0 spiro atoms. The van der Waals surface area contributed by atoms with Crippen LogP contribution >= 0.6 is 0 Å². The molecule has 0 radical (unpaired) electrons. The van der Waals surface area contributed by atoms with E-state index in [1.807, 2.05) is 24.3 Å². The summed E-state index contributed by atoms with van der Waals surface area (Å²) < 4.78 is 45.1. The predicted octanol–water partition coefficient (Wildman–Crippen LogP) is 3.98. The average Bonchev–Trinajstić information content (AvgIpc) is 3.67. The van der Waals surface area contributed by atoms with Crippen LogP contribution in [0.25, 0.3) is 0 Å². The summed E-state index contributed by atoms with van der Waals surface area (Å²) in [6.45, 7) is 0.512. The molecule has 1 saturated carbocycles. The van der Waals surface area contributed by atoms with Crippen LogP contribution in [-0.2, 0) is 41.6 Å². The van der Waals surface area contributed by atoms with Crippen LogP contribution in [0.3, 0.4) is 0 Å². The first kappa shape index (κ1) is 30.5. The first-order valence-corrected chi connectivity index (χ1v) is 15.4. The maximum Gasteiger partial charge on any atom is 0.417 e. The molecule has 5 aliphatic rings. The summed E-state index contributed by atoms with van der Waals surface area (Å²) in [7, 11) is 0. The van der Waals surface area contributed by atoms with Crippen LogP contribution in [0, 0.1) is 17.8 Å². The van der Waals surface area contributed by atoms with E-state index in [-0.39, 0.29) is 24.6 Å². The number of Topliss-reactive ketones (excluding diaryl/α,β-unsaturated/α-hetero) is 2. The van der Waals surface area contributed by atoms with Crippen molar-refractivity contribution < 1.29 is 48.0 Å². The number of halogens is 3. The molecule has 7 rings (SSSR count). The van der Waals surface area contributed by atoms with Crippen molar-refractivity contribution >= 4 is 17.5 Å². The van der Waals surface area contributed by atoms with Crippen LogP contribution in [0.4, 0.5) is 13.2 Å². The van der Waals surface area contributed by atoms with E-state index in [1.165, 1.54) is 0 Å². The molecule has 1 fully saturated rings. The van der Waals surface area contributed by atoms with Gasteiger partial charge in [0.05, 0.1) is 11.1 Å². The van der Waals surface area contributed by atoms with E-state index in [2.05, 4.69) is 4.90 Å². The number of aliphatic hydroxyl groups is 3. The smallest absolute Gasteiger partial charge is 0.417 e. The highest BCUT2D eigenvalue weighted by Crippen LogP contribution is 2.53. The van der Waals surface area contributed by atoms with Crippen molar-refractivity contribution in [3.63, 3.8) is 0 Å². The second-order valence-corrected chi connectivity index (χ2v) is 13.4. The van der Waals surface area contributed by atoms with Crippen LogP contribution in [-0.4, -0.2) is 61.0 Å². The lowest BCUT2D eigenvalue weighted by Gasteiger charge is -2.45. The number of aromatic hydroxyl groups is 1. The van der Waals surface area contributed by atoms with Crippen LogP contribution in [0.2, 0.25) is 0 Å². The van der Waals surface area contributed by atoms with Gasteiger partial charge in [0.2, 0.25) is 5.78 Å². The molecule has 1 unspecified atom stereocenters. The number of phenolic OH excluding ortho intramolecular Hbond substituents is 1. The number of fused-ring (bicyclic) bond motifs is 4. The summed E-state index contributed by atoms with van der Waals surface area (Å²) in [6, 6.07) is 8.87. The Balaban J connectivity index is 1.30. The van der Waals surface area contributed by atoms with Crippen LogP contribution < -0.4 is 5.73 Å². The van der Waals surface area contributed by atoms with Crippen LogP contribution in [0.15, 0.2) is 53.0 Å². The van der Waals surface area contributed by atoms with Crippen molar-refractivity contribution in [3.8, 4) is 5.75 Å². The number of ketones is 2. The van der Waals surface area contributed by atoms with Gasteiger partial charge in [-0.3, -0.25) is 19.3 Å². The zero-order valence-electron chi connectivity index (χ0n) is 24.7. The third kappa shape index (κ3) is 4.64. The Bertz CT molecular complexity index is 1750. The number of hydrogen-bond acceptors (Lipinski definition) is 8. The second kappa shape index (κ2) is 10.4. The van der Waals surface area contributed by atoms with Crippen LogP contribution in [0.5, 0.6) is 5.75 Å². The molecular formula is C34H33F3N2O7. The van der Waals surface area contributed by atoms with Gasteiger partial charge in [-0.1, -0.05) is 24.3 Å². The lowest BCUT2D eigenvalue weighted by molar-refractivity contribution is -0.144. The molecule has 0 heterocycles. The molecule has 0 aromatic heterocycles. The molecule has 0 bridgehead atoms. The van der Waals surface area contributed by atoms with Gasteiger partial charge in [-0.15, -0.1) is 0 Å². The van der Waals surface area contributed by atoms with Gasteiger partial charge >= 0.3 is 6.18 Å². The number of carbonyl (C=O) groups is 3. The van der Waals surface area contributed by atoms with Gasteiger partial charge in [-0.2, -0.15) is 13.2 Å². The minimum Gasteiger partial charge on any atom is -0.511 e. The van der Waals surface area contributed by atoms with Gasteiger partial charge in [0.25, 0.3) is 5.91 Å². The van der Waals surface area contributed by atoms with Crippen molar-refractivity contribution in [2.45, 2.75) is 69.3 Å². The Hall–Kier alpha value is -4.16. The molecule has 6 N–H and O–H groups in total. The number of nitrogens with zero attached hydrogens (tertiary/aromatic N) is 1. The highest BCUT2D eigenvalue weighted by molar-refractivity contribution is 6.24. The number of aliphatic hydroxyl groups excluding tert-OH is 2. The van der Waals surface area contributed by atoms with E-state index in [1.54, 1.807) is 0 Å². The standard InChI is InChI=1S/C34H33F3N2O7/c35-34(36,37)28-19(14-39(13-15-5-6-15)21-8-16-3-1-2-4-17(16)9-21)11-23(40)26-22(28)10-18-7-20-12-24(41)27(32(38)45)31(44)33(20,46)30(43)25(18)29(26)42/h1-4,11,15,18,20-21,40-41,43,46H,5-10,12-14H2,(H2,38,45)/t18?,20-,33-/m0/s1. The fourth-order valence-electron chi connectivity index (χ4n) is 8.22.